The fourth-order valence-corrected chi connectivity index (χ4v) is 3.69. The number of nitrogens with one attached hydrogen (secondary N) is 2. The van der Waals surface area contributed by atoms with Gasteiger partial charge in [-0.15, -0.1) is 0 Å². The lowest BCUT2D eigenvalue weighted by atomic mass is 10.1. The van der Waals surface area contributed by atoms with Crippen molar-refractivity contribution in [2.45, 2.75) is 13.8 Å². The van der Waals surface area contributed by atoms with E-state index in [0.717, 1.165) is 15.6 Å². The van der Waals surface area contributed by atoms with Gasteiger partial charge in [-0.1, -0.05) is 27.5 Å². The molecule has 6 nitrogen and oxygen atoms in total. The van der Waals surface area contributed by atoms with Crippen molar-refractivity contribution in [2.75, 3.05) is 13.2 Å². The van der Waals surface area contributed by atoms with Crippen molar-refractivity contribution in [2.24, 2.45) is 0 Å². The van der Waals surface area contributed by atoms with Crippen LogP contribution in [0.15, 0.2) is 39.3 Å². The average Bonchev–Trinajstić information content (AvgIpc) is 2.58. The van der Waals surface area contributed by atoms with Gasteiger partial charge in [0.1, 0.15) is 11.5 Å². The molecule has 0 aliphatic rings. The highest BCUT2D eigenvalue weighted by Gasteiger charge is 2.10. The van der Waals surface area contributed by atoms with Crippen LogP contribution < -0.4 is 20.3 Å². The monoisotopic (exact) mass is 518 g/mol. The molecule has 2 rings (SSSR count). The van der Waals surface area contributed by atoms with Gasteiger partial charge in [-0.3, -0.25) is 20.4 Å². The van der Waals surface area contributed by atoms with Crippen molar-refractivity contribution in [1.82, 2.24) is 10.9 Å². The van der Waals surface area contributed by atoms with Crippen molar-refractivity contribution >= 4 is 55.3 Å². The van der Waals surface area contributed by atoms with Crippen LogP contribution >= 0.6 is 43.5 Å². The number of ether oxygens (including phenoxy) is 2. The van der Waals surface area contributed by atoms with E-state index in [1.54, 1.807) is 18.2 Å². The molecule has 2 amide bonds. The Bertz CT molecular complexity index is 838. The standard InChI is InChI=1S/C18H17Br2ClN2O4/c1-10-5-12(19)6-11(2)18(10)27-9-17(25)23-22-16(24)8-26-15-4-3-13(21)7-14(15)20/h3-7H,8-9H2,1-2H3,(H,22,24)(H,23,25). The number of carbonyl (C=O) groups is 2. The minimum atomic E-state index is -0.513. The quantitative estimate of drug-likeness (QED) is 0.563. The molecule has 2 aromatic carbocycles. The van der Waals surface area contributed by atoms with E-state index in [4.69, 9.17) is 21.1 Å². The topological polar surface area (TPSA) is 76.7 Å². The number of benzene rings is 2. The van der Waals surface area contributed by atoms with Crippen molar-refractivity contribution in [3.05, 3.63) is 55.4 Å². The third-order valence-corrected chi connectivity index (χ3v) is 4.68. The lowest BCUT2D eigenvalue weighted by Gasteiger charge is -2.13. The zero-order chi connectivity index (χ0) is 20.0. The number of carbonyl (C=O) groups excluding carboxylic acids is 2. The molecular weight excluding hydrogens is 503 g/mol. The SMILES string of the molecule is Cc1cc(Br)cc(C)c1OCC(=O)NNC(=O)COc1ccc(Cl)cc1Br. The number of halogens is 3. The van der Waals surface area contributed by atoms with Gasteiger partial charge in [0.25, 0.3) is 11.8 Å². The second-order valence-electron chi connectivity index (χ2n) is 5.62. The molecular formula is C18H17Br2ClN2O4. The van der Waals surface area contributed by atoms with Gasteiger partial charge in [0.2, 0.25) is 0 Å². The summed E-state index contributed by atoms with van der Waals surface area (Å²) in [5, 5.41) is 0.544. The van der Waals surface area contributed by atoms with E-state index in [0.29, 0.717) is 21.0 Å². The van der Waals surface area contributed by atoms with Gasteiger partial charge in [0, 0.05) is 9.50 Å². The van der Waals surface area contributed by atoms with Crippen LogP contribution in [-0.4, -0.2) is 25.0 Å². The van der Waals surface area contributed by atoms with Crippen LogP contribution in [0.1, 0.15) is 11.1 Å². The van der Waals surface area contributed by atoms with E-state index >= 15 is 0 Å². The molecule has 2 aromatic rings. The lowest BCUT2D eigenvalue weighted by Crippen LogP contribution is -2.45. The third-order valence-electron chi connectivity index (χ3n) is 3.37. The molecule has 9 heteroatoms. The fourth-order valence-electron chi connectivity index (χ4n) is 2.21. The van der Waals surface area contributed by atoms with E-state index in [1.165, 1.54) is 0 Å². The molecule has 0 radical (unpaired) electrons. The van der Waals surface area contributed by atoms with Gasteiger partial charge in [-0.05, 0) is 71.2 Å². The highest BCUT2D eigenvalue weighted by molar-refractivity contribution is 9.10. The first-order valence-electron chi connectivity index (χ1n) is 7.81. The molecule has 0 aliphatic carbocycles. The first-order valence-corrected chi connectivity index (χ1v) is 9.77. The van der Waals surface area contributed by atoms with Crippen LogP contribution in [0.25, 0.3) is 0 Å². The maximum atomic E-state index is 11.9. The van der Waals surface area contributed by atoms with Crippen molar-refractivity contribution < 1.29 is 19.1 Å². The minimum Gasteiger partial charge on any atom is -0.483 e. The summed E-state index contributed by atoms with van der Waals surface area (Å²) in [7, 11) is 0. The normalized spacial score (nSPS) is 10.3. The highest BCUT2D eigenvalue weighted by Crippen LogP contribution is 2.28. The summed E-state index contributed by atoms with van der Waals surface area (Å²) in [4.78, 5) is 23.6. The number of amides is 2. The predicted octanol–water partition coefficient (Wildman–Crippen LogP) is 4.09. The second-order valence-corrected chi connectivity index (χ2v) is 7.82. The van der Waals surface area contributed by atoms with Gasteiger partial charge in [-0.25, -0.2) is 0 Å². The van der Waals surface area contributed by atoms with Crippen LogP contribution in [0, 0.1) is 13.8 Å². The van der Waals surface area contributed by atoms with Gasteiger partial charge < -0.3 is 9.47 Å². The van der Waals surface area contributed by atoms with E-state index in [-0.39, 0.29) is 13.2 Å². The summed E-state index contributed by atoms with van der Waals surface area (Å²) in [5.74, 6) is 0.0972. The summed E-state index contributed by atoms with van der Waals surface area (Å²) in [6.45, 7) is 3.28. The minimum absolute atomic E-state index is 0.229. The van der Waals surface area contributed by atoms with E-state index in [9.17, 15) is 9.59 Å². The molecule has 0 saturated carbocycles. The van der Waals surface area contributed by atoms with Crippen LogP contribution in [0.2, 0.25) is 5.02 Å². The predicted molar refractivity (Wildman–Crippen MR) is 110 cm³/mol. The Labute approximate surface area is 178 Å². The van der Waals surface area contributed by atoms with Crippen LogP contribution in [-0.2, 0) is 9.59 Å². The largest absolute Gasteiger partial charge is 0.483 e. The van der Waals surface area contributed by atoms with Crippen LogP contribution in [0.3, 0.4) is 0 Å². The summed E-state index contributed by atoms with van der Waals surface area (Å²) in [5.41, 5.74) is 6.35. The smallest absolute Gasteiger partial charge is 0.276 e. The van der Waals surface area contributed by atoms with E-state index < -0.39 is 11.8 Å². The number of hydrogen-bond acceptors (Lipinski definition) is 4. The first kappa shape index (κ1) is 21.5. The molecule has 144 valence electrons. The van der Waals surface area contributed by atoms with Gasteiger partial charge in [-0.2, -0.15) is 0 Å². The number of hydrazine groups is 1. The zero-order valence-electron chi connectivity index (χ0n) is 14.6. The van der Waals surface area contributed by atoms with E-state index in [2.05, 4.69) is 42.7 Å². The fraction of sp³-hybridized carbons (Fsp3) is 0.222. The Morgan fingerprint density at radius 1 is 0.963 bits per heavy atom. The Kier molecular flexibility index (Phi) is 7.94. The number of aryl methyl sites for hydroxylation is 2. The molecule has 0 atom stereocenters. The average molecular weight is 521 g/mol. The molecule has 0 fully saturated rings. The van der Waals surface area contributed by atoms with Crippen molar-refractivity contribution in [1.29, 1.82) is 0 Å². The van der Waals surface area contributed by atoms with Gasteiger partial charge in [0.15, 0.2) is 13.2 Å². The lowest BCUT2D eigenvalue weighted by molar-refractivity contribution is -0.131. The summed E-state index contributed by atoms with van der Waals surface area (Å²) < 4.78 is 12.5. The van der Waals surface area contributed by atoms with E-state index in [1.807, 2.05) is 26.0 Å². The molecule has 0 aliphatic heterocycles. The second kappa shape index (κ2) is 9.96. The molecule has 0 unspecified atom stereocenters. The zero-order valence-corrected chi connectivity index (χ0v) is 18.5. The molecule has 2 N–H and O–H groups in total. The maximum absolute atomic E-state index is 11.9. The Morgan fingerprint density at radius 2 is 1.52 bits per heavy atom. The maximum Gasteiger partial charge on any atom is 0.276 e. The highest BCUT2D eigenvalue weighted by atomic mass is 79.9. The molecule has 0 bridgehead atoms. The summed E-state index contributed by atoms with van der Waals surface area (Å²) >= 11 is 12.5. The van der Waals surface area contributed by atoms with Crippen LogP contribution in [0.5, 0.6) is 11.5 Å². The molecule has 27 heavy (non-hydrogen) atoms. The molecule has 0 heterocycles. The molecule has 0 saturated heterocycles. The third kappa shape index (κ3) is 6.71. The Morgan fingerprint density at radius 3 is 2.07 bits per heavy atom. The van der Waals surface area contributed by atoms with Crippen molar-refractivity contribution in [3.8, 4) is 11.5 Å². The number of rotatable bonds is 6. The van der Waals surface area contributed by atoms with Crippen molar-refractivity contribution in [3.63, 3.8) is 0 Å². The Hall–Kier alpha value is -1.77. The Balaban J connectivity index is 1.76. The van der Waals surface area contributed by atoms with Crippen LogP contribution in [0.4, 0.5) is 0 Å². The summed E-state index contributed by atoms with van der Waals surface area (Å²) in [6, 6.07) is 8.72. The number of hydrogen-bond donors (Lipinski definition) is 2. The molecule has 0 aromatic heterocycles. The van der Waals surface area contributed by atoms with Gasteiger partial charge in [0.05, 0.1) is 4.47 Å². The molecule has 0 spiro atoms. The first-order chi connectivity index (χ1) is 12.8. The summed E-state index contributed by atoms with van der Waals surface area (Å²) in [6.07, 6.45) is 0. The van der Waals surface area contributed by atoms with Gasteiger partial charge >= 0.3 is 0 Å².